The van der Waals surface area contributed by atoms with Gasteiger partial charge in [-0.25, -0.2) is 9.97 Å². The molecule has 4 rings (SSSR count). The fourth-order valence-corrected chi connectivity index (χ4v) is 3.68. The van der Waals surface area contributed by atoms with Gasteiger partial charge in [-0.05, 0) is 32.3 Å². The topological polar surface area (TPSA) is 104 Å². The molecular weight excluding hydrogens is 418 g/mol. The van der Waals surface area contributed by atoms with E-state index in [1.54, 1.807) is 19.4 Å². The highest BCUT2D eigenvalue weighted by Gasteiger charge is 2.15. The fraction of sp³-hybridized carbons (Fsp3) is 0.250. The van der Waals surface area contributed by atoms with Crippen molar-refractivity contribution < 1.29 is 4.74 Å². The molecule has 172 valence electrons. The molecule has 4 aromatic rings. The number of H-pyrrole nitrogens is 1. The van der Waals surface area contributed by atoms with Crippen LogP contribution >= 0.6 is 0 Å². The predicted molar refractivity (Wildman–Crippen MR) is 134 cm³/mol. The van der Waals surface area contributed by atoms with Crippen molar-refractivity contribution in [2.24, 2.45) is 0 Å². The molecule has 3 N–H and O–H groups in total. The summed E-state index contributed by atoms with van der Waals surface area (Å²) in [4.78, 5) is 16.4. The number of nitrogens with zero attached hydrogens (tertiary/aromatic N) is 4. The Balaban J connectivity index is 1.64. The SMILES string of the molecule is COc1cc(N(C)CCN(C)C)c(N[O-])cc1Nc1nccc(-c2c[nH]c3ccccc23)n1. The molecule has 0 unspecified atom stereocenters. The number of ether oxygens (including phenoxy) is 1. The van der Waals surface area contributed by atoms with Crippen LogP contribution in [0.15, 0.2) is 54.9 Å². The molecular formula is C24H28N7O2-. The standard InChI is InChI=1S/C24H28N7O2/c1-30(2)11-12-31(3)22-14-23(33-4)21(13-20(22)29-32)28-24-25-10-9-19(27-24)17-15-26-18-8-6-5-7-16(17)18/h5-10,13-15,26,29H,11-12H2,1-4H3,(H,25,27,28)/q-1. The van der Waals surface area contributed by atoms with E-state index in [-0.39, 0.29) is 0 Å². The average Bonchev–Trinajstić information content (AvgIpc) is 3.26. The summed E-state index contributed by atoms with van der Waals surface area (Å²) in [6, 6.07) is 13.5. The summed E-state index contributed by atoms with van der Waals surface area (Å²) in [5, 5.41) is 16.0. The Labute approximate surface area is 193 Å². The maximum Gasteiger partial charge on any atom is 0.227 e. The van der Waals surface area contributed by atoms with Gasteiger partial charge in [-0.3, -0.25) is 0 Å². The molecule has 0 atom stereocenters. The van der Waals surface area contributed by atoms with Gasteiger partial charge in [0.05, 0.1) is 24.2 Å². The number of aromatic amines is 1. The maximum absolute atomic E-state index is 11.7. The third-order valence-electron chi connectivity index (χ3n) is 5.49. The summed E-state index contributed by atoms with van der Waals surface area (Å²) in [6.07, 6.45) is 3.64. The molecule has 0 aliphatic rings. The van der Waals surface area contributed by atoms with Gasteiger partial charge < -0.3 is 35.5 Å². The van der Waals surface area contributed by atoms with Crippen LogP contribution in [0.5, 0.6) is 5.75 Å². The molecule has 0 radical (unpaired) electrons. The van der Waals surface area contributed by atoms with E-state index in [0.29, 0.717) is 23.1 Å². The Kier molecular flexibility index (Phi) is 6.62. The second-order valence-corrected chi connectivity index (χ2v) is 8.03. The van der Waals surface area contributed by atoms with Gasteiger partial charge >= 0.3 is 0 Å². The molecule has 0 saturated heterocycles. The Morgan fingerprint density at radius 2 is 1.88 bits per heavy atom. The van der Waals surface area contributed by atoms with Crippen LogP contribution in [-0.2, 0) is 0 Å². The normalized spacial score (nSPS) is 11.1. The number of para-hydroxylation sites is 1. The van der Waals surface area contributed by atoms with E-state index < -0.39 is 0 Å². The summed E-state index contributed by atoms with van der Waals surface area (Å²) in [5.41, 5.74) is 6.65. The molecule has 0 aliphatic heterocycles. The van der Waals surface area contributed by atoms with Gasteiger partial charge in [0.25, 0.3) is 0 Å². The molecule has 0 aliphatic carbocycles. The Morgan fingerprint density at radius 3 is 2.64 bits per heavy atom. The van der Waals surface area contributed by atoms with E-state index in [4.69, 9.17) is 4.74 Å². The smallest absolute Gasteiger partial charge is 0.227 e. The van der Waals surface area contributed by atoms with Gasteiger partial charge in [0.15, 0.2) is 0 Å². The maximum atomic E-state index is 11.7. The van der Waals surface area contributed by atoms with Gasteiger partial charge in [0.1, 0.15) is 5.75 Å². The fourth-order valence-electron chi connectivity index (χ4n) is 3.68. The lowest BCUT2D eigenvalue weighted by molar-refractivity contribution is 0.413. The molecule has 0 saturated carbocycles. The zero-order valence-electron chi connectivity index (χ0n) is 19.2. The van der Waals surface area contributed by atoms with Crippen molar-refractivity contribution in [2.75, 3.05) is 57.0 Å². The summed E-state index contributed by atoms with van der Waals surface area (Å²) < 4.78 is 5.60. The van der Waals surface area contributed by atoms with E-state index in [1.807, 2.05) is 68.1 Å². The highest BCUT2D eigenvalue weighted by Crippen LogP contribution is 2.38. The van der Waals surface area contributed by atoms with Crippen LogP contribution in [0.1, 0.15) is 0 Å². The zero-order chi connectivity index (χ0) is 23.4. The quantitative estimate of drug-likeness (QED) is 0.327. The predicted octanol–water partition coefficient (Wildman–Crippen LogP) is 4.28. The van der Waals surface area contributed by atoms with E-state index in [9.17, 15) is 5.21 Å². The lowest BCUT2D eigenvalue weighted by Gasteiger charge is -2.27. The first kappa shape index (κ1) is 22.4. The highest BCUT2D eigenvalue weighted by molar-refractivity contribution is 5.94. The van der Waals surface area contributed by atoms with Crippen molar-refractivity contribution in [1.82, 2.24) is 19.9 Å². The molecule has 9 heteroatoms. The number of benzene rings is 2. The van der Waals surface area contributed by atoms with Crippen molar-refractivity contribution in [3.05, 3.63) is 60.1 Å². The van der Waals surface area contributed by atoms with Gasteiger partial charge in [-0.15, -0.1) is 0 Å². The summed E-state index contributed by atoms with van der Waals surface area (Å²) >= 11 is 0. The monoisotopic (exact) mass is 446 g/mol. The van der Waals surface area contributed by atoms with Gasteiger partial charge in [0.2, 0.25) is 5.95 Å². The first-order valence-electron chi connectivity index (χ1n) is 10.6. The van der Waals surface area contributed by atoms with Crippen molar-refractivity contribution in [1.29, 1.82) is 0 Å². The molecule has 0 fully saturated rings. The average molecular weight is 447 g/mol. The van der Waals surface area contributed by atoms with E-state index in [1.165, 1.54) is 0 Å². The number of hydrogen-bond acceptors (Lipinski definition) is 8. The van der Waals surface area contributed by atoms with Crippen molar-refractivity contribution in [3.8, 4) is 17.0 Å². The van der Waals surface area contributed by atoms with E-state index in [2.05, 4.69) is 31.2 Å². The first-order chi connectivity index (χ1) is 16.0. The number of fused-ring (bicyclic) bond motifs is 1. The Bertz CT molecular complexity index is 1240. The number of nitrogens with one attached hydrogen (secondary N) is 3. The van der Waals surface area contributed by atoms with E-state index in [0.717, 1.165) is 40.9 Å². The summed E-state index contributed by atoms with van der Waals surface area (Å²) in [6.45, 7) is 1.61. The summed E-state index contributed by atoms with van der Waals surface area (Å²) in [5.74, 6) is 0.989. The number of hydrogen-bond donors (Lipinski definition) is 3. The number of aromatic nitrogens is 3. The Hall–Kier alpha value is -3.82. The minimum absolute atomic E-state index is 0.404. The van der Waals surface area contributed by atoms with Crippen LogP contribution in [0.3, 0.4) is 0 Å². The number of methoxy groups -OCH3 is 1. The molecule has 33 heavy (non-hydrogen) atoms. The van der Waals surface area contributed by atoms with Crippen LogP contribution in [0.2, 0.25) is 0 Å². The van der Waals surface area contributed by atoms with E-state index >= 15 is 0 Å². The van der Waals surface area contributed by atoms with Crippen molar-refractivity contribution in [3.63, 3.8) is 0 Å². The molecule has 0 spiro atoms. The van der Waals surface area contributed by atoms with Crippen molar-refractivity contribution >= 4 is 33.9 Å². The van der Waals surface area contributed by atoms with Crippen molar-refractivity contribution in [2.45, 2.75) is 0 Å². The molecule has 9 nitrogen and oxygen atoms in total. The number of likely N-dealkylation sites (N-methyl/N-ethyl adjacent to an activating group) is 2. The third kappa shape index (κ3) is 4.84. The molecule has 2 heterocycles. The minimum Gasteiger partial charge on any atom is -0.761 e. The Morgan fingerprint density at radius 1 is 1.06 bits per heavy atom. The molecule has 0 amide bonds. The minimum atomic E-state index is 0.404. The van der Waals surface area contributed by atoms with Crippen LogP contribution in [0.4, 0.5) is 23.0 Å². The highest BCUT2D eigenvalue weighted by atomic mass is 16.5. The van der Waals surface area contributed by atoms with Crippen LogP contribution < -0.4 is 20.4 Å². The molecule has 2 aromatic heterocycles. The number of rotatable bonds is 9. The van der Waals surface area contributed by atoms with Gasteiger partial charge in [-0.1, -0.05) is 18.2 Å². The first-order valence-corrected chi connectivity index (χ1v) is 10.6. The van der Waals surface area contributed by atoms with Crippen LogP contribution in [-0.4, -0.2) is 61.2 Å². The number of anilines is 4. The van der Waals surface area contributed by atoms with Crippen LogP contribution in [0.25, 0.3) is 22.2 Å². The lowest BCUT2D eigenvalue weighted by atomic mass is 10.1. The zero-order valence-corrected chi connectivity index (χ0v) is 19.2. The molecule has 2 aromatic carbocycles. The lowest BCUT2D eigenvalue weighted by Crippen LogP contribution is -2.28. The van der Waals surface area contributed by atoms with Crippen LogP contribution in [0, 0.1) is 5.21 Å². The van der Waals surface area contributed by atoms with Gasteiger partial charge in [-0.2, -0.15) is 0 Å². The van der Waals surface area contributed by atoms with Gasteiger partial charge in [0, 0.05) is 60.8 Å². The second kappa shape index (κ2) is 9.76. The molecule has 0 bridgehead atoms. The largest absolute Gasteiger partial charge is 0.761 e. The summed E-state index contributed by atoms with van der Waals surface area (Å²) in [7, 11) is 7.56. The second-order valence-electron chi connectivity index (χ2n) is 8.03. The third-order valence-corrected chi connectivity index (χ3v) is 5.49.